The molecule has 2 fully saturated rings. The zero-order valence-corrected chi connectivity index (χ0v) is 13.5. The van der Waals surface area contributed by atoms with Crippen LogP contribution in [0.1, 0.15) is 38.5 Å². The van der Waals surface area contributed by atoms with E-state index in [1.807, 2.05) is 0 Å². The van der Waals surface area contributed by atoms with Gasteiger partial charge in [-0.15, -0.1) is 0 Å². The second-order valence-corrected chi connectivity index (χ2v) is 8.17. The van der Waals surface area contributed by atoms with E-state index in [1.54, 1.807) is 14.2 Å². The molecule has 2 aliphatic rings. The quantitative estimate of drug-likeness (QED) is 0.393. The molecule has 2 aliphatic carbocycles. The van der Waals surface area contributed by atoms with Crippen LogP contribution >= 0.6 is 0 Å². The Balaban J connectivity index is 1.49. The molecule has 0 aromatic heterocycles. The summed E-state index contributed by atoms with van der Waals surface area (Å²) in [5.41, 5.74) is 0.698. The van der Waals surface area contributed by atoms with Crippen LogP contribution in [-0.2, 0) is 9.47 Å². The molecule has 1 N–H and O–H groups in total. The van der Waals surface area contributed by atoms with Crippen LogP contribution in [0.5, 0.6) is 0 Å². The van der Waals surface area contributed by atoms with Gasteiger partial charge in [0, 0.05) is 20.8 Å². The molecule has 2 saturated carbocycles. The van der Waals surface area contributed by atoms with E-state index in [0.717, 1.165) is 5.92 Å². The SMILES string of the molecule is COC(OC)[SiH2]CCCNCC12CCC(CC1)C2. The van der Waals surface area contributed by atoms with Gasteiger partial charge in [-0.1, -0.05) is 6.04 Å². The summed E-state index contributed by atoms with van der Waals surface area (Å²) in [5, 5.41) is 3.70. The van der Waals surface area contributed by atoms with Gasteiger partial charge in [0.15, 0.2) is 0 Å². The van der Waals surface area contributed by atoms with Gasteiger partial charge in [-0.25, -0.2) is 0 Å². The third kappa shape index (κ3) is 3.79. The Bertz CT molecular complexity index is 238. The molecule has 0 atom stereocenters. The van der Waals surface area contributed by atoms with E-state index in [2.05, 4.69) is 5.32 Å². The molecule has 0 heterocycles. The maximum Gasteiger partial charge on any atom is 0.134 e. The molecule has 0 unspecified atom stereocenters. The highest BCUT2D eigenvalue weighted by Crippen LogP contribution is 2.53. The first-order chi connectivity index (χ1) is 8.78. The molecular weight excluding hydrogens is 242 g/mol. The first-order valence-corrected chi connectivity index (χ1v) is 9.36. The number of hydrogen-bond acceptors (Lipinski definition) is 3. The number of rotatable bonds is 9. The van der Waals surface area contributed by atoms with Crippen LogP contribution in [-0.4, -0.2) is 42.7 Å². The van der Waals surface area contributed by atoms with Crippen LogP contribution in [0.4, 0.5) is 0 Å². The number of nitrogens with one attached hydrogen (secondary N) is 1. The molecule has 18 heavy (non-hydrogen) atoms. The smallest absolute Gasteiger partial charge is 0.134 e. The van der Waals surface area contributed by atoms with Crippen molar-refractivity contribution in [3.8, 4) is 0 Å². The van der Waals surface area contributed by atoms with Crippen LogP contribution in [0.15, 0.2) is 0 Å². The van der Waals surface area contributed by atoms with Gasteiger partial charge in [-0.3, -0.25) is 0 Å². The van der Waals surface area contributed by atoms with Gasteiger partial charge in [-0.05, 0) is 56.4 Å². The number of fused-ring (bicyclic) bond motifs is 2. The molecule has 4 heteroatoms. The van der Waals surface area contributed by atoms with Crippen molar-refractivity contribution in [3.63, 3.8) is 0 Å². The Kier molecular flexibility index (Phi) is 5.67. The normalized spacial score (nSPS) is 31.2. The van der Waals surface area contributed by atoms with E-state index in [0.29, 0.717) is 5.41 Å². The molecule has 0 spiro atoms. The zero-order valence-electron chi connectivity index (χ0n) is 12.0. The van der Waals surface area contributed by atoms with Gasteiger partial charge >= 0.3 is 0 Å². The molecular formula is C14H29NO2Si. The van der Waals surface area contributed by atoms with Crippen molar-refractivity contribution in [2.75, 3.05) is 27.3 Å². The summed E-state index contributed by atoms with van der Waals surface area (Å²) in [4.78, 5) is 0. The van der Waals surface area contributed by atoms with Crippen molar-refractivity contribution < 1.29 is 9.47 Å². The largest absolute Gasteiger partial charge is 0.360 e. The third-order valence-electron chi connectivity index (χ3n) is 4.96. The van der Waals surface area contributed by atoms with Gasteiger partial charge in [0.05, 0.1) is 9.52 Å². The minimum atomic E-state index is -0.216. The van der Waals surface area contributed by atoms with Crippen LogP contribution in [0, 0.1) is 11.3 Å². The molecule has 0 aromatic carbocycles. The van der Waals surface area contributed by atoms with Crippen LogP contribution < -0.4 is 5.32 Å². The molecule has 3 nitrogen and oxygen atoms in total. The minimum Gasteiger partial charge on any atom is -0.360 e. The maximum atomic E-state index is 5.25. The van der Waals surface area contributed by atoms with Gasteiger partial charge in [0.2, 0.25) is 0 Å². The molecule has 0 radical (unpaired) electrons. The Hall–Kier alpha value is 0.0969. The van der Waals surface area contributed by atoms with Gasteiger partial charge < -0.3 is 14.8 Å². The second-order valence-electron chi connectivity index (χ2n) is 6.22. The van der Waals surface area contributed by atoms with Crippen molar-refractivity contribution >= 4 is 9.52 Å². The lowest BCUT2D eigenvalue weighted by atomic mass is 9.84. The summed E-state index contributed by atoms with van der Waals surface area (Å²) in [6, 6.07) is 1.31. The van der Waals surface area contributed by atoms with Crippen molar-refractivity contribution in [2.24, 2.45) is 11.3 Å². The number of ether oxygens (including phenoxy) is 2. The van der Waals surface area contributed by atoms with Crippen molar-refractivity contribution in [2.45, 2.75) is 50.5 Å². The average molecular weight is 271 g/mol. The zero-order chi connectivity index (χ0) is 12.8. The van der Waals surface area contributed by atoms with Crippen molar-refractivity contribution in [1.82, 2.24) is 5.32 Å². The molecule has 2 rings (SSSR count). The summed E-state index contributed by atoms with van der Waals surface area (Å²) in [6.45, 7) is 2.45. The van der Waals surface area contributed by atoms with Crippen molar-refractivity contribution in [3.05, 3.63) is 0 Å². The first-order valence-electron chi connectivity index (χ1n) is 7.54. The Morgan fingerprint density at radius 3 is 2.56 bits per heavy atom. The lowest BCUT2D eigenvalue weighted by Crippen LogP contribution is -2.31. The monoisotopic (exact) mass is 271 g/mol. The lowest BCUT2D eigenvalue weighted by molar-refractivity contribution is -0.0441. The van der Waals surface area contributed by atoms with Crippen LogP contribution in [0.2, 0.25) is 6.04 Å². The molecule has 0 aromatic rings. The summed E-state index contributed by atoms with van der Waals surface area (Å²) < 4.78 is 10.5. The fourth-order valence-electron chi connectivity index (χ4n) is 3.81. The molecule has 2 bridgehead atoms. The predicted molar refractivity (Wildman–Crippen MR) is 77.7 cm³/mol. The number of hydrogen-bond donors (Lipinski definition) is 1. The maximum absolute atomic E-state index is 5.25. The fraction of sp³-hybridized carbons (Fsp3) is 1.00. The Labute approximate surface area is 114 Å². The lowest BCUT2D eigenvalue weighted by Gasteiger charge is -2.26. The van der Waals surface area contributed by atoms with Crippen molar-refractivity contribution in [1.29, 1.82) is 0 Å². The van der Waals surface area contributed by atoms with Crippen LogP contribution in [0.3, 0.4) is 0 Å². The third-order valence-corrected chi connectivity index (χ3v) is 7.00. The fourth-order valence-corrected chi connectivity index (χ4v) is 5.15. The van der Waals surface area contributed by atoms with E-state index in [-0.39, 0.29) is 15.4 Å². The van der Waals surface area contributed by atoms with E-state index < -0.39 is 0 Å². The predicted octanol–water partition coefficient (Wildman–Crippen LogP) is 1.71. The summed E-state index contributed by atoms with van der Waals surface area (Å²) in [5.74, 6) is 1.19. The molecule has 0 saturated heterocycles. The Morgan fingerprint density at radius 2 is 2.00 bits per heavy atom. The van der Waals surface area contributed by atoms with Crippen LogP contribution in [0.25, 0.3) is 0 Å². The second kappa shape index (κ2) is 7.03. The average Bonchev–Trinajstić information content (AvgIpc) is 2.99. The van der Waals surface area contributed by atoms with E-state index in [1.165, 1.54) is 57.7 Å². The van der Waals surface area contributed by atoms with E-state index in [4.69, 9.17) is 9.47 Å². The summed E-state index contributed by atoms with van der Waals surface area (Å²) in [7, 11) is 3.27. The number of methoxy groups -OCH3 is 2. The highest BCUT2D eigenvalue weighted by atomic mass is 28.2. The standard InChI is InChI=1S/C14H29NO2Si/c1-16-13(17-2)18-9-3-8-15-11-14-6-4-12(10-14)5-7-14/h12-13,15H,3-11,18H2,1-2H3. The highest BCUT2D eigenvalue weighted by Gasteiger charge is 2.44. The van der Waals surface area contributed by atoms with E-state index in [9.17, 15) is 0 Å². The first kappa shape index (κ1) is 14.5. The summed E-state index contributed by atoms with van der Waals surface area (Å²) >= 11 is 0. The molecule has 0 amide bonds. The van der Waals surface area contributed by atoms with Gasteiger partial charge in [0.1, 0.15) is 5.91 Å². The summed E-state index contributed by atoms with van der Waals surface area (Å²) in [6.07, 6.45) is 8.75. The van der Waals surface area contributed by atoms with Gasteiger partial charge in [-0.2, -0.15) is 0 Å². The van der Waals surface area contributed by atoms with E-state index >= 15 is 0 Å². The Morgan fingerprint density at radius 1 is 1.28 bits per heavy atom. The minimum absolute atomic E-state index is 0.119. The molecule has 106 valence electrons. The topological polar surface area (TPSA) is 30.5 Å². The molecule has 0 aliphatic heterocycles. The highest BCUT2D eigenvalue weighted by molar-refractivity contribution is 6.36. The van der Waals surface area contributed by atoms with Gasteiger partial charge in [0.25, 0.3) is 0 Å².